The van der Waals surface area contributed by atoms with E-state index in [1.165, 1.54) is 0 Å². The third-order valence-electron chi connectivity index (χ3n) is 2.06. The molecule has 0 aliphatic carbocycles. The van der Waals surface area contributed by atoms with Gasteiger partial charge in [0, 0.05) is 0 Å². The molecule has 0 aromatic carbocycles. The van der Waals surface area contributed by atoms with Crippen molar-refractivity contribution in [2.75, 3.05) is 26.4 Å². The van der Waals surface area contributed by atoms with Gasteiger partial charge in [-0.2, -0.15) is 0 Å². The van der Waals surface area contributed by atoms with Crippen molar-refractivity contribution in [1.82, 2.24) is 0 Å². The Kier molecular flexibility index (Phi) is 3.50. The summed E-state index contributed by atoms with van der Waals surface area (Å²) in [5.41, 5.74) is 0.215. The Labute approximate surface area is 74.0 Å². The molecule has 0 amide bonds. The summed E-state index contributed by atoms with van der Waals surface area (Å²) in [7, 11) is 0. The molecule has 0 bridgehead atoms. The van der Waals surface area contributed by atoms with Gasteiger partial charge in [-0.15, -0.1) is 0 Å². The molecule has 2 rings (SSSR count). The lowest BCUT2D eigenvalue weighted by Crippen LogP contribution is -2.53. The van der Waals surface area contributed by atoms with E-state index in [2.05, 4.69) is 0 Å². The minimum Gasteiger partial charge on any atom is -0.380 e. The third-order valence-corrected chi connectivity index (χ3v) is 2.06. The van der Waals surface area contributed by atoms with E-state index in [1.54, 1.807) is 0 Å². The van der Waals surface area contributed by atoms with Gasteiger partial charge in [0.15, 0.2) is 6.29 Å². The van der Waals surface area contributed by atoms with Gasteiger partial charge in [-0.3, -0.25) is 0 Å². The summed E-state index contributed by atoms with van der Waals surface area (Å²) in [6.45, 7) is 9.13. The van der Waals surface area contributed by atoms with E-state index >= 15 is 0 Å². The maximum Gasteiger partial charge on any atom is 0.154 e. The summed E-state index contributed by atoms with van der Waals surface area (Å²) in [5, 5.41) is 0. The molecule has 1 spiro atoms. The maximum atomic E-state index is 5.33. The predicted molar refractivity (Wildman–Crippen MR) is 46.0 cm³/mol. The van der Waals surface area contributed by atoms with Crippen LogP contribution in [0.15, 0.2) is 0 Å². The molecule has 2 saturated heterocycles. The quantitative estimate of drug-likeness (QED) is 0.556. The standard InChI is InChI=1S/C7H12O3.C2H6/c1-6-9-4-7(5-10-6)2-8-3-7;1-2/h6H,2-5H2,1H3;1-2H3. The Hall–Kier alpha value is -0.120. The highest BCUT2D eigenvalue weighted by atomic mass is 16.7. The van der Waals surface area contributed by atoms with Crippen LogP contribution < -0.4 is 0 Å². The van der Waals surface area contributed by atoms with Gasteiger partial charge in [0.05, 0.1) is 31.8 Å². The van der Waals surface area contributed by atoms with E-state index in [0.717, 1.165) is 26.4 Å². The first-order valence-electron chi connectivity index (χ1n) is 4.62. The van der Waals surface area contributed by atoms with Crippen molar-refractivity contribution in [2.45, 2.75) is 27.1 Å². The second kappa shape index (κ2) is 4.21. The fourth-order valence-electron chi connectivity index (χ4n) is 1.24. The van der Waals surface area contributed by atoms with E-state index in [0.29, 0.717) is 0 Å². The van der Waals surface area contributed by atoms with E-state index in [1.807, 2.05) is 20.8 Å². The number of ether oxygens (including phenoxy) is 3. The minimum atomic E-state index is -0.0220. The van der Waals surface area contributed by atoms with Crippen molar-refractivity contribution in [1.29, 1.82) is 0 Å². The Balaban J connectivity index is 0.000000336. The van der Waals surface area contributed by atoms with Crippen LogP contribution in [0.3, 0.4) is 0 Å². The summed E-state index contributed by atoms with van der Waals surface area (Å²) < 4.78 is 15.8. The second-order valence-electron chi connectivity index (χ2n) is 3.18. The molecular weight excluding hydrogens is 156 g/mol. The zero-order chi connectivity index (χ0) is 9.03. The summed E-state index contributed by atoms with van der Waals surface area (Å²) in [4.78, 5) is 0. The Morgan fingerprint density at radius 2 is 1.50 bits per heavy atom. The molecule has 12 heavy (non-hydrogen) atoms. The largest absolute Gasteiger partial charge is 0.380 e. The van der Waals surface area contributed by atoms with Gasteiger partial charge >= 0.3 is 0 Å². The van der Waals surface area contributed by atoms with Crippen LogP contribution in [0.1, 0.15) is 20.8 Å². The van der Waals surface area contributed by atoms with E-state index in [-0.39, 0.29) is 11.7 Å². The highest BCUT2D eigenvalue weighted by molar-refractivity contribution is 4.87. The third kappa shape index (κ3) is 1.97. The van der Waals surface area contributed by atoms with Gasteiger partial charge in [-0.25, -0.2) is 0 Å². The molecule has 3 heteroatoms. The van der Waals surface area contributed by atoms with Crippen LogP contribution in [0, 0.1) is 5.41 Å². The van der Waals surface area contributed by atoms with Gasteiger partial charge < -0.3 is 14.2 Å². The molecule has 0 atom stereocenters. The zero-order valence-corrected chi connectivity index (χ0v) is 8.13. The Bertz CT molecular complexity index is 122. The van der Waals surface area contributed by atoms with Gasteiger partial charge in [-0.1, -0.05) is 13.8 Å². The van der Waals surface area contributed by atoms with Gasteiger partial charge in [0.25, 0.3) is 0 Å². The Morgan fingerprint density at radius 3 is 1.83 bits per heavy atom. The predicted octanol–water partition coefficient (Wildman–Crippen LogP) is 1.42. The van der Waals surface area contributed by atoms with Crippen molar-refractivity contribution in [3.63, 3.8) is 0 Å². The molecule has 0 aromatic rings. The monoisotopic (exact) mass is 174 g/mol. The number of hydrogen-bond donors (Lipinski definition) is 0. The molecule has 0 N–H and O–H groups in total. The van der Waals surface area contributed by atoms with Crippen LogP contribution in [0.25, 0.3) is 0 Å². The fourth-order valence-corrected chi connectivity index (χ4v) is 1.24. The minimum absolute atomic E-state index is 0.0220. The first kappa shape index (κ1) is 9.96. The van der Waals surface area contributed by atoms with Crippen LogP contribution in [-0.2, 0) is 14.2 Å². The highest BCUT2D eigenvalue weighted by Gasteiger charge is 2.42. The Morgan fingerprint density at radius 1 is 1.00 bits per heavy atom. The smallest absolute Gasteiger partial charge is 0.154 e. The van der Waals surface area contributed by atoms with Crippen LogP contribution in [-0.4, -0.2) is 32.7 Å². The lowest BCUT2D eigenvalue weighted by atomic mass is 9.87. The van der Waals surface area contributed by atoms with Crippen molar-refractivity contribution >= 4 is 0 Å². The van der Waals surface area contributed by atoms with Crippen LogP contribution in [0.5, 0.6) is 0 Å². The van der Waals surface area contributed by atoms with Gasteiger partial charge in [0.1, 0.15) is 0 Å². The van der Waals surface area contributed by atoms with Crippen molar-refractivity contribution in [3.8, 4) is 0 Å². The van der Waals surface area contributed by atoms with Crippen LogP contribution in [0.4, 0.5) is 0 Å². The van der Waals surface area contributed by atoms with E-state index in [4.69, 9.17) is 14.2 Å². The van der Waals surface area contributed by atoms with Crippen molar-refractivity contribution in [3.05, 3.63) is 0 Å². The summed E-state index contributed by atoms with van der Waals surface area (Å²) >= 11 is 0. The van der Waals surface area contributed by atoms with Crippen LogP contribution >= 0.6 is 0 Å². The first-order chi connectivity index (χ1) is 5.81. The SMILES string of the molecule is CC.CC1OCC2(COC2)CO1. The van der Waals surface area contributed by atoms with Crippen molar-refractivity contribution in [2.24, 2.45) is 5.41 Å². The summed E-state index contributed by atoms with van der Waals surface area (Å²) in [5.74, 6) is 0. The molecular formula is C9H18O3. The van der Waals surface area contributed by atoms with E-state index < -0.39 is 0 Å². The van der Waals surface area contributed by atoms with Crippen LogP contribution in [0.2, 0.25) is 0 Å². The summed E-state index contributed by atoms with van der Waals surface area (Å²) in [6, 6.07) is 0. The molecule has 2 aliphatic rings. The highest BCUT2D eigenvalue weighted by Crippen LogP contribution is 2.31. The molecule has 3 nitrogen and oxygen atoms in total. The number of hydrogen-bond acceptors (Lipinski definition) is 3. The molecule has 72 valence electrons. The van der Waals surface area contributed by atoms with E-state index in [9.17, 15) is 0 Å². The maximum absolute atomic E-state index is 5.33. The first-order valence-corrected chi connectivity index (χ1v) is 4.62. The normalized spacial score (nSPS) is 27.2. The summed E-state index contributed by atoms with van der Waals surface area (Å²) in [6.07, 6.45) is -0.0220. The van der Waals surface area contributed by atoms with Gasteiger partial charge in [-0.05, 0) is 6.92 Å². The second-order valence-corrected chi connectivity index (χ2v) is 3.18. The molecule has 0 unspecified atom stereocenters. The average molecular weight is 174 g/mol. The van der Waals surface area contributed by atoms with Crippen molar-refractivity contribution < 1.29 is 14.2 Å². The lowest BCUT2D eigenvalue weighted by Gasteiger charge is -2.44. The molecule has 0 aromatic heterocycles. The molecule has 0 radical (unpaired) electrons. The molecule has 0 saturated carbocycles. The molecule has 2 aliphatic heterocycles. The number of rotatable bonds is 0. The average Bonchev–Trinajstić information content (AvgIpc) is 2.07. The molecule has 2 heterocycles. The van der Waals surface area contributed by atoms with Gasteiger partial charge in [0.2, 0.25) is 0 Å². The molecule has 2 fully saturated rings. The zero-order valence-electron chi connectivity index (χ0n) is 8.13. The topological polar surface area (TPSA) is 27.7 Å². The lowest BCUT2D eigenvalue weighted by molar-refractivity contribution is -0.278. The fraction of sp³-hybridized carbons (Fsp3) is 1.00.